The fourth-order valence-corrected chi connectivity index (χ4v) is 1.84. The second-order valence-electron chi connectivity index (χ2n) is 4.85. The maximum atomic E-state index is 12.0. The van der Waals surface area contributed by atoms with E-state index >= 15 is 0 Å². The Hall–Kier alpha value is -2.18. The first-order chi connectivity index (χ1) is 9.15. The summed E-state index contributed by atoms with van der Waals surface area (Å²) in [5, 5.41) is 6.75. The molecule has 2 aromatic rings. The Morgan fingerprint density at radius 2 is 2.37 bits per heavy atom. The molecule has 0 bridgehead atoms. The molecule has 2 aromatic heterocycles. The molecule has 7 nitrogen and oxygen atoms in total. The topological polar surface area (TPSA) is 85.8 Å². The third kappa shape index (κ3) is 2.35. The third-order valence-corrected chi connectivity index (χ3v) is 3.17. The number of hydrogen-bond acceptors (Lipinski definition) is 5. The summed E-state index contributed by atoms with van der Waals surface area (Å²) in [5.74, 6) is 1.42. The summed E-state index contributed by atoms with van der Waals surface area (Å²) in [7, 11) is 1.77. The van der Waals surface area contributed by atoms with Crippen LogP contribution in [0.25, 0.3) is 0 Å². The largest absolute Gasteiger partial charge is 0.339 e. The lowest BCUT2D eigenvalue weighted by molar-refractivity contribution is 0.0924. The standard InChI is InChI=1S/C12H15N5O2/c1-7(12-15-10(16-19-12)8-3-4-8)14-11(18)9-5-13-6-17(9)2/h5-8H,3-4H2,1-2H3,(H,14,18)/t7-/m0/s1. The molecule has 0 radical (unpaired) electrons. The van der Waals surface area contributed by atoms with Gasteiger partial charge in [0.2, 0.25) is 5.89 Å². The van der Waals surface area contributed by atoms with Crippen LogP contribution in [0.3, 0.4) is 0 Å². The van der Waals surface area contributed by atoms with Gasteiger partial charge in [0.05, 0.1) is 12.5 Å². The fraction of sp³-hybridized carbons (Fsp3) is 0.500. The van der Waals surface area contributed by atoms with E-state index in [1.165, 1.54) is 6.20 Å². The Morgan fingerprint density at radius 3 is 3.00 bits per heavy atom. The quantitative estimate of drug-likeness (QED) is 0.892. The van der Waals surface area contributed by atoms with Gasteiger partial charge in [0.25, 0.3) is 5.91 Å². The molecule has 1 fully saturated rings. The molecule has 0 aliphatic heterocycles. The number of imidazole rings is 1. The summed E-state index contributed by atoms with van der Waals surface area (Å²) < 4.78 is 6.84. The molecule has 1 saturated carbocycles. The molecule has 0 saturated heterocycles. The normalized spacial score (nSPS) is 16.3. The van der Waals surface area contributed by atoms with Crippen molar-refractivity contribution < 1.29 is 9.32 Å². The van der Waals surface area contributed by atoms with E-state index in [1.807, 2.05) is 6.92 Å². The van der Waals surface area contributed by atoms with Gasteiger partial charge in [-0.3, -0.25) is 4.79 Å². The lowest BCUT2D eigenvalue weighted by atomic mass is 10.3. The lowest BCUT2D eigenvalue weighted by Gasteiger charge is -2.09. The highest BCUT2D eigenvalue weighted by Crippen LogP contribution is 2.38. The summed E-state index contributed by atoms with van der Waals surface area (Å²) in [4.78, 5) is 20.2. The Labute approximate surface area is 110 Å². The Kier molecular flexibility index (Phi) is 2.81. The maximum absolute atomic E-state index is 12.0. The average Bonchev–Trinajstić information content (AvgIpc) is 2.95. The van der Waals surface area contributed by atoms with Crippen molar-refractivity contribution in [2.45, 2.75) is 31.7 Å². The van der Waals surface area contributed by atoms with E-state index in [-0.39, 0.29) is 11.9 Å². The van der Waals surface area contributed by atoms with Crippen LogP contribution in [-0.4, -0.2) is 25.6 Å². The summed E-state index contributed by atoms with van der Waals surface area (Å²) in [6.45, 7) is 1.82. The highest BCUT2D eigenvalue weighted by atomic mass is 16.5. The molecule has 19 heavy (non-hydrogen) atoms. The van der Waals surface area contributed by atoms with E-state index in [0.29, 0.717) is 17.5 Å². The number of nitrogens with zero attached hydrogens (tertiary/aromatic N) is 4. The van der Waals surface area contributed by atoms with E-state index < -0.39 is 0 Å². The molecule has 1 aliphatic carbocycles. The van der Waals surface area contributed by atoms with E-state index in [0.717, 1.165) is 18.7 Å². The number of rotatable bonds is 4. The molecular formula is C12H15N5O2. The second-order valence-corrected chi connectivity index (χ2v) is 4.85. The SMILES string of the molecule is C[C@H](NC(=O)c1cncn1C)c1nc(C2CC2)no1. The number of aryl methyl sites for hydroxylation is 1. The molecule has 3 rings (SSSR count). The molecule has 1 atom stereocenters. The van der Waals surface area contributed by atoms with Gasteiger partial charge in [-0.2, -0.15) is 4.98 Å². The fourth-order valence-electron chi connectivity index (χ4n) is 1.84. The van der Waals surface area contributed by atoms with Gasteiger partial charge in [-0.1, -0.05) is 5.16 Å². The first kappa shape index (κ1) is 11.9. The maximum Gasteiger partial charge on any atom is 0.270 e. The molecule has 7 heteroatoms. The van der Waals surface area contributed by atoms with Gasteiger partial charge in [-0.25, -0.2) is 4.98 Å². The molecule has 100 valence electrons. The van der Waals surface area contributed by atoms with E-state index in [4.69, 9.17) is 4.52 Å². The molecule has 0 aromatic carbocycles. The number of carbonyl (C=O) groups is 1. The predicted octanol–water partition coefficient (Wildman–Crippen LogP) is 1.17. The molecule has 0 spiro atoms. The van der Waals surface area contributed by atoms with Crippen LogP contribution >= 0.6 is 0 Å². The van der Waals surface area contributed by atoms with Gasteiger partial charge >= 0.3 is 0 Å². The molecule has 1 amide bonds. The van der Waals surface area contributed by atoms with Crippen molar-refractivity contribution >= 4 is 5.91 Å². The van der Waals surface area contributed by atoms with Crippen LogP contribution in [0.2, 0.25) is 0 Å². The highest BCUT2D eigenvalue weighted by molar-refractivity contribution is 5.92. The second kappa shape index (κ2) is 4.49. The molecule has 1 aliphatic rings. The van der Waals surface area contributed by atoms with Gasteiger partial charge in [0.1, 0.15) is 11.7 Å². The zero-order valence-corrected chi connectivity index (χ0v) is 10.8. The van der Waals surface area contributed by atoms with E-state index in [9.17, 15) is 4.79 Å². The van der Waals surface area contributed by atoms with Crippen LogP contribution in [0, 0.1) is 0 Å². The predicted molar refractivity (Wildman–Crippen MR) is 65.4 cm³/mol. The van der Waals surface area contributed by atoms with Crippen LogP contribution in [0.1, 0.15) is 53.9 Å². The van der Waals surface area contributed by atoms with Gasteiger partial charge in [-0.05, 0) is 19.8 Å². The minimum atomic E-state index is -0.317. The first-order valence-electron chi connectivity index (χ1n) is 6.26. The van der Waals surface area contributed by atoms with Gasteiger partial charge in [-0.15, -0.1) is 0 Å². The first-order valence-corrected chi connectivity index (χ1v) is 6.26. The van der Waals surface area contributed by atoms with Crippen LogP contribution < -0.4 is 5.32 Å². The van der Waals surface area contributed by atoms with Crippen LogP contribution in [0.5, 0.6) is 0 Å². The molecule has 0 unspecified atom stereocenters. The number of amides is 1. The average molecular weight is 261 g/mol. The number of nitrogens with one attached hydrogen (secondary N) is 1. The lowest BCUT2D eigenvalue weighted by Crippen LogP contribution is -2.28. The Bertz CT molecular complexity index is 599. The van der Waals surface area contributed by atoms with E-state index in [1.54, 1.807) is 17.9 Å². The summed E-state index contributed by atoms with van der Waals surface area (Å²) in [6.07, 6.45) is 5.34. The number of carbonyl (C=O) groups excluding carboxylic acids is 1. The molecular weight excluding hydrogens is 246 g/mol. The van der Waals surface area contributed by atoms with Crippen LogP contribution in [0.15, 0.2) is 17.0 Å². The van der Waals surface area contributed by atoms with Crippen molar-refractivity contribution in [1.82, 2.24) is 25.0 Å². The van der Waals surface area contributed by atoms with Gasteiger partial charge in [0, 0.05) is 13.0 Å². The number of hydrogen-bond donors (Lipinski definition) is 1. The van der Waals surface area contributed by atoms with Crippen molar-refractivity contribution in [1.29, 1.82) is 0 Å². The zero-order chi connectivity index (χ0) is 13.4. The van der Waals surface area contributed by atoms with Crippen LogP contribution in [0.4, 0.5) is 0 Å². The Balaban J connectivity index is 1.68. The van der Waals surface area contributed by atoms with Crippen LogP contribution in [-0.2, 0) is 7.05 Å². The van der Waals surface area contributed by atoms with Crippen molar-refractivity contribution in [2.24, 2.45) is 7.05 Å². The molecule has 2 heterocycles. The van der Waals surface area contributed by atoms with Crippen molar-refractivity contribution in [3.8, 4) is 0 Å². The van der Waals surface area contributed by atoms with Gasteiger partial charge in [0.15, 0.2) is 5.82 Å². The van der Waals surface area contributed by atoms with Gasteiger partial charge < -0.3 is 14.4 Å². The third-order valence-electron chi connectivity index (χ3n) is 3.17. The molecule has 1 N–H and O–H groups in total. The zero-order valence-electron chi connectivity index (χ0n) is 10.8. The highest BCUT2D eigenvalue weighted by Gasteiger charge is 2.30. The number of aromatic nitrogens is 4. The van der Waals surface area contributed by atoms with Crippen molar-refractivity contribution in [3.63, 3.8) is 0 Å². The van der Waals surface area contributed by atoms with E-state index in [2.05, 4.69) is 20.4 Å². The monoisotopic (exact) mass is 261 g/mol. The summed E-state index contributed by atoms with van der Waals surface area (Å²) in [6, 6.07) is -0.317. The minimum Gasteiger partial charge on any atom is -0.339 e. The van der Waals surface area contributed by atoms with Crippen molar-refractivity contribution in [3.05, 3.63) is 29.9 Å². The smallest absolute Gasteiger partial charge is 0.270 e. The minimum absolute atomic E-state index is 0.210. The van der Waals surface area contributed by atoms with Crippen molar-refractivity contribution in [2.75, 3.05) is 0 Å². The summed E-state index contributed by atoms with van der Waals surface area (Å²) in [5.41, 5.74) is 0.494. The summed E-state index contributed by atoms with van der Waals surface area (Å²) >= 11 is 0. The Morgan fingerprint density at radius 1 is 1.58 bits per heavy atom.